The minimum atomic E-state index is -0.439. The largest absolute Gasteiger partial charge is 0.468 e. The Bertz CT molecular complexity index is 1330. The van der Waals surface area contributed by atoms with Gasteiger partial charge in [-0.05, 0) is 48.7 Å². The summed E-state index contributed by atoms with van der Waals surface area (Å²) < 4.78 is 5.15. The molecule has 8 bridgehead atoms. The quantitative estimate of drug-likeness (QED) is 0.460. The lowest BCUT2D eigenvalue weighted by Gasteiger charge is -2.40. The van der Waals surface area contributed by atoms with Gasteiger partial charge in [0, 0.05) is 69.3 Å². The van der Waals surface area contributed by atoms with Crippen molar-refractivity contribution < 1.29 is 14.3 Å². The molecule has 0 saturated carbocycles. The molecule has 2 aromatic heterocycles. The summed E-state index contributed by atoms with van der Waals surface area (Å²) in [7, 11) is 3.44. The van der Waals surface area contributed by atoms with Gasteiger partial charge in [0.1, 0.15) is 17.6 Å². The van der Waals surface area contributed by atoms with E-state index in [2.05, 4.69) is 30.0 Å². The van der Waals surface area contributed by atoms with Gasteiger partial charge in [0.15, 0.2) is 0 Å². The van der Waals surface area contributed by atoms with Crippen molar-refractivity contribution in [3.63, 3.8) is 0 Å². The zero-order valence-corrected chi connectivity index (χ0v) is 23.4. The van der Waals surface area contributed by atoms with Gasteiger partial charge in [-0.2, -0.15) is 0 Å². The van der Waals surface area contributed by atoms with Crippen LogP contribution in [0.25, 0.3) is 11.3 Å². The van der Waals surface area contributed by atoms with E-state index >= 15 is 0 Å². The Kier molecular flexibility index (Phi) is 8.66. The zero-order chi connectivity index (χ0) is 28.1. The molecule has 0 spiro atoms. The number of anilines is 3. The topological polar surface area (TPSA) is 104 Å². The number of Topliss-reactive ketones (excluding diaryl/α,β-unsaturated/α-hetero) is 1. The number of ketones is 1. The summed E-state index contributed by atoms with van der Waals surface area (Å²) in [6.07, 6.45) is 5.25. The number of nitrogens with zero attached hydrogens (tertiary/aromatic N) is 6. The Morgan fingerprint density at radius 3 is 2.75 bits per heavy atom. The summed E-state index contributed by atoms with van der Waals surface area (Å²) in [6.45, 7) is 5.58. The number of carbonyl (C=O) groups is 2. The number of esters is 1. The Labute approximate surface area is 235 Å². The first-order valence-electron chi connectivity index (χ1n) is 13.8. The van der Waals surface area contributed by atoms with E-state index in [9.17, 15) is 9.59 Å². The number of nitrogens with one attached hydrogen (secondary N) is 1. The number of ether oxygens (including phenoxy) is 1. The molecular formula is C30H37N7O3. The van der Waals surface area contributed by atoms with Crippen LogP contribution < -0.4 is 10.2 Å². The summed E-state index contributed by atoms with van der Waals surface area (Å²) in [6, 6.07) is 13.5. The van der Waals surface area contributed by atoms with Gasteiger partial charge in [0.25, 0.3) is 0 Å². The Balaban J connectivity index is 1.43. The molecule has 7 heterocycles. The monoisotopic (exact) mass is 543 g/mol. The van der Waals surface area contributed by atoms with Crippen molar-refractivity contribution in [3.05, 3.63) is 60.4 Å². The van der Waals surface area contributed by atoms with E-state index in [-0.39, 0.29) is 17.7 Å². The number of pyridine rings is 1. The van der Waals surface area contributed by atoms with Gasteiger partial charge in [0.2, 0.25) is 5.95 Å². The highest BCUT2D eigenvalue weighted by molar-refractivity contribution is 5.83. The summed E-state index contributed by atoms with van der Waals surface area (Å²) in [4.78, 5) is 46.0. The number of piperazine rings is 1. The van der Waals surface area contributed by atoms with Crippen LogP contribution in [0.3, 0.4) is 0 Å². The molecule has 210 valence electrons. The van der Waals surface area contributed by atoms with Crippen molar-refractivity contribution in [3.8, 4) is 11.3 Å². The van der Waals surface area contributed by atoms with Crippen LogP contribution in [0.4, 0.5) is 17.5 Å². The summed E-state index contributed by atoms with van der Waals surface area (Å²) in [5.41, 5.74) is 3.59. The third-order valence-corrected chi connectivity index (χ3v) is 7.77. The standard InChI is InChI=1S/C30H37N7O3/c1-21-6-5-13-35(2)28-10-9-23(17-32-28)25-11-12-31-30(34-25)33-24-8-4-7-22(16-24)18-37-15-14-36(20-27(21)38)19-26(37)29(39)40-3/h4,7-12,16-17,21,26H,5-6,13-15,18-20H2,1-3H3,(H,31,33,34). The number of rotatable bonds is 1. The number of hydrogen-bond donors (Lipinski definition) is 1. The van der Waals surface area contributed by atoms with Crippen LogP contribution in [0.2, 0.25) is 0 Å². The van der Waals surface area contributed by atoms with E-state index in [1.54, 1.807) is 6.20 Å². The van der Waals surface area contributed by atoms with Gasteiger partial charge < -0.3 is 15.0 Å². The fraction of sp³-hybridized carbons (Fsp3) is 0.433. The lowest BCUT2D eigenvalue weighted by Crippen LogP contribution is -2.57. The lowest BCUT2D eigenvalue weighted by atomic mass is 9.99. The molecule has 10 heteroatoms. The first-order valence-corrected chi connectivity index (χ1v) is 13.8. The maximum absolute atomic E-state index is 13.1. The fourth-order valence-electron chi connectivity index (χ4n) is 5.31. The number of hydrogen-bond acceptors (Lipinski definition) is 10. The Morgan fingerprint density at radius 2 is 1.95 bits per heavy atom. The molecule has 1 aromatic carbocycles. The lowest BCUT2D eigenvalue weighted by molar-refractivity contribution is -0.150. The molecule has 4 atom stereocenters. The van der Waals surface area contributed by atoms with E-state index in [0.29, 0.717) is 32.1 Å². The van der Waals surface area contributed by atoms with Gasteiger partial charge in [-0.15, -0.1) is 0 Å². The van der Waals surface area contributed by atoms with Crippen molar-refractivity contribution in [2.24, 2.45) is 5.92 Å². The summed E-state index contributed by atoms with van der Waals surface area (Å²) >= 11 is 0. The second-order valence-corrected chi connectivity index (χ2v) is 10.7. The Hall–Kier alpha value is -3.89. The van der Waals surface area contributed by atoms with E-state index in [0.717, 1.165) is 54.3 Å². The van der Waals surface area contributed by atoms with Crippen LogP contribution in [-0.4, -0.2) is 89.4 Å². The average molecular weight is 544 g/mol. The maximum Gasteiger partial charge on any atom is 0.324 e. The normalized spacial score (nSPS) is 23.9. The van der Waals surface area contributed by atoms with Crippen molar-refractivity contribution in [1.29, 1.82) is 0 Å². The third-order valence-electron chi connectivity index (χ3n) is 7.77. The predicted molar refractivity (Wildman–Crippen MR) is 154 cm³/mol. The minimum Gasteiger partial charge on any atom is -0.468 e. The number of carbonyl (C=O) groups excluding carboxylic acids is 2. The molecule has 0 radical (unpaired) electrons. The molecular weight excluding hydrogens is 506 g/mol. The van der Waals surface area contributed by atoms with E-state index in [1.807, 2.05) is 62.6 Å². The van der Waals surface area contributed by atoms with Gasteiger partial charge in [-0.25, -0.2) is 15.0 Å². The molecule has 0 amide bonds. The van der Waals surface area contributed by atoms with Gasteiger partial charge in [0.05, 0.1) is 19.3 Å². The van der Waals surface area contributed by atoms with Crippen LogP contribution in [0.5, 0.6) is 0 Å². The molecule has 1 N–H and O–H groups in total. The molecule has 40 heavy (non-hydrogen) atoms. The molecule has 1 fully saturated rings. The number of methoxy groups -OCH3 is 1. The second-order valence-electron chi connectivity index (χ2n) is 10.7. The molecule has 0 aliphatic carbocycles. The first-order chi connectivity index (χ1) is 19.4. The van der Waals surface area contributed by atoms with E-state index in [4.69, 9.17) is 9.72 Å². The highest BCUT2D eigenvalue weighted by Gasteiger charge is 2.34. The van der Waals surface area contributed by atoms with Crippen molar-refractivity contribution in [1.82, 2.24) is 24.8 Å². The van der Waals surface area contributed by atoms with Crippen LogP contribution in [-0.2, 0) is 20.9 Å². The third kappa shape index (κ3) is 6.63. The second kappa shape index (κ2) is 12.5. The number of aromatic nitrogens is 3. The fourth-order valence-corrected chi connectivity index (χ4v) is 5.31. The summed E-state index contributed by atoms with van der Waals surface area (Å²) in [5, 5.41) is 3.32. The molecule has 10 nitrogen and oxygen atoms in total. The van der Waals surface area contributed by atoms with Crippen LogP contribution in [0.15, 0.2) is 54.9 Å². The minimum absolute atomic E-state index is 0.0536. The van der Waals surface area contributed by atoms with E-state index in [1.165, 1.54) is 7.11 Å². The van der Waals surface area contributed by atoms with Crippen molar-refractivity contribution in [2.75, 3.05) is 57.1 Å². The predicted octanol–water partition coefficient (Wildman–Crippen LogP) is 3.38. The molecule has 3 aromatic rings. The molecule has 8 rings (SSSR count). The van der Waals surface area contributed by atoms with Crippen LogP contribution in [0.1, 0.15) is 25.3 Å². The van der Waals surface area contributed by atoms with Crippen molar-refractivity contribution >= 4 is 29.2 Å². The van der Waals surface area contributed by atoms with E-state index < -0.39 is 6.04 Å². The van der Waals surface area contributed by atoms with Gasteiger partial charge >= 0.3 is 5.97 Å². The molecule has 4 unspecified atom stereocenters. The first kappa shape index (κ1) is 27.7. The SMILES string of the molecule is COC(=O)C1CN2CCN1Cc1cccc(c1)Nc1nccc(n1)-c1ccc(nc1)N(C)CCCC(C)C(=O)C2. The maximum atomic E-state index is 13.1. The highest BCUT2D eigenvalue weighted by atomic mass is 16.5. The van der Waals surface area contributed by atoms with Gasteiger partial charge in [-0.1, -0.05) is 19.1 Å². The van der Waals surface area contributed by atoms with Gasteiger partial charge in [-0.3, -0.25) is 19.4 Å². The highest BCUT2D eigenvalue weighted by Crippen LogP contribution is 2.23. The molecule has 5 aliphatic rings. The molecule has 1 saturated heterocycles. The Morgan fingerprint density at radius 1 is 1.07 bits per heavy atom. The summed E-state index contributed by atoms with van der Waals surface area (Å²) in [5.74, 6) is 1.24. The average Bonchev–Trinajstić information content (AvgIpc) is 2.97. The van der Waals surface area contributed by atoms with Crippen LogP contribution >= 0.6 is 0 Å². The number of benzene rings is 1. The smallest absolute Gasteiger partial charge is 0.324 e. The molecule has 5 aliphatic heterocycles. The zero-order valence-electron chi connectivity index (χ0n) is 23.4. The van der Waals surface area contributed by atoms with Crippen LogP contribution in [0, 0.1) is 5.92 Å². The van der Waals surface area contributed by atoms with Crippen molar-refractivity contribution in [2.45, 2.75) is 32.4 Å².